The van der Waals surface area contributed by atoms with E-state index in [1.807, 2.05) is 30.3 Å². The Balaban J connectivity index is 2.23. The van der Waals surface area contributed by atoms with Crippen LogP contribution in [0.4, 0.5) is 0 Å². The van der Waals surface area contributed by atoms with Crippen LogP contribution in [0, 0.1) is 13.8 Å². The zero-order valence-electron chi connectivity index (χ0n) is 10.5. The third-order valence-electron chi connectivity index (χ3n) is 2.96. The van der Waals surface area contributed by atoms with E-state index in [-0.39, 0.29) is 0 Å². The lowest BCUT2D eigenvalue weighted by Gasteiger charge is -2.09. The molecule has 3 heteroatoms. The molecule has 0 saturated heterocycles. The van der Waals surface area contributed by atoms with Crippen molar-refractivity contribution < 1.29 is 4.74 Å². The lowest BCUT2D eigenvalue weighted by molar-refractivity contribution is 0.481. The maximum Gasteiger partial charge on any atom is 0.128 e. The fourth-order valence-corrected chi connectivity index (χ4v) is 2.19. The van der Waals surface area contributed by atoms with Crippen molar-refractivity contribution in [1.29, 1.82) is 0 Å². The van der Waals surface area contributed by atoms with E-state index < -0.39 is 0 Å². The summed E-state index contributed by atoms with van der Waals surface area (Å²) in [6.07, 6.45) is 0. The van der Waals surface area contributed by atoms with Crippen LogP contribution in [0.1, 0.15) is 16.7 Å². The summed E-state index contributed by atoms with van der Waals surface area (Å²) >= 11 is 3.49. The van der Waals surface area contributed by atoms with Crippen LogP contribution in [0.2, 0.25) is 0 Å². The lowest BCUT2D eigenvalue weighted by Crippen LogP contribution is -1.97. The lowest BCUT2D eigenvalue weighted by atomic mass is 10.1. The average Bonchev–Trinajstić information content (AvgIpc) is 2.34. The Hall–Kier alpha value is -1.32. The van der Waals surface area contributed by atoms with Crippen LogP contribution >= 0.6 is 15.9 Å². The second-order valence-electron chi connectivity index (χ2n) is 4.31. The molecule has 2 N–H and O–H groups in total. The first-order valence-electron chi connectivity index (χ1n) is 5.84. The Bertz CT molecular complexity index is 566. The molecule has 0 aliphatic heterocycles. The second-order valence-corrected chi connectivity index (χ2v) is 5.16. The number of aryl methyl sites for hydroxylation is 2. The summed E-state index contributed by atoms with van der Waals surface area (Å²) in [5, 5.41) is 0. The van der Waals surface area contributed by atoms with Gasteiger partial charge in [0, 0.05) is 11.0 Å². The number of rotatable bonds is 3. The third kappa shape index (κ3) is 2.92. The summed E-state index contributed by atoms with van der Waals surface area (Å²) in [6, 6.07) is 11.9. The first kappa shape index (κ1) is 13.1. The van der Waals surface area contributed by atoms with Gasteiger partial charge < -0.3 is 10.5 Å². The molecular formula is C15H16BrNO. The molecule has 2 rings (SSSR count). The molecule has 0 amide bonds. The molecule has 2 nitrogen and oxygen atoms in total. The maximum atomic E-state index is 5.82. The van der Waals surface area contributed by atoms with Gasteiger partial charge in [-0.25, -0.2) is 0 Å². The molecule has 0 radical (unpaired) electrons. The number of halogens is 1. The predicted molar refractivity (Wildman–Crippen MR) is 78.0 cm³/mol. The Labute approximate surface area is 116 Å². The smallest absolute Gasteiger partial charge is 0.128 e. The van der Waals surface area contributed by atoms with Crippen LogP contribution < -0.4 is 10.5 Å². The van der Waals surface area contributed by atoms with E-state index in [0.717, 1.165) is 21.5 Å². The molecule has 0 aliphatic carbocycles. The van der Waals surface area contributed by atoms with Crippen molar-refractivity contribution in [2.75, 3.05) is 0 Å². The minimum Gasteiger partial charge on any atom is -0.457 e. The van der Waals surface area contributed by atoms with E-state index in [1.165, 1.54) is 11.1 Å². The first-order valence-corrected chi connectivity index (χ1v) is 6.63. The number of nitrogens with two attached hydrogens (primary N) is 1. The minimum absolute atomic E-state index is 0.518. The minimum atomic E-state index is 0.518. The van der Waals surface area contributed by atoms with Crippen molar-refractivity contribution in [3.63, 3.8) is 0 Å². The fourth-order valence-electron chi connectivity index (χ4n) is 1.67. The van der Waals surface area contributed by atoms with Gasteiger partial charge in [-0.3, -0.25) is 0 Å². The number of ether oxygens (including phenoxy) is 1. The summed E-state index contributed by atoms with van der Waals surface area (Å²) in [7, 11) is 0. The molecule has 0 spiro atoms. The molecule has 94 valence electrons. The van der Waals surface area contributed by atoms with Gasteiger partial charge in [0.2, 0.25) is 0 Å². The van der Waals surface area contributed by atoms with E-state index in [4.69, 9.17) is 10.5 Å². The fraction of sp³-hybridized carbons (Fsp3) is 0.200. The van der Waals surface area contributed by atoms with Crippen LogP contribution in [0.3, 0.4) is 0 Å². The van der Waals surface area contributed by atoms with Crippen molar-refractivity contribution in [1.82, 2.24) is 0 Å². The summed E-state index contributed by atoms with van der Waals surface area (Å²) < 4.78 is 6.80. The summed E-state index contributed by atoms with van der Waals surface area (Å²) in [6.45, 7) is 4.69. The van der Waals surface area contributed by atoms with E-state index in [2.05, 4.69) is 35.8 Å². The van der Waals surface area contributed by atoms with Crippen LogP contribution in [0.15, 0.2) is 40.9 Å². The van der Waals surface area contributed by atoms with Gasteiger partial charge in [0.1, 0.15) is 11.5 Å². The van der Waals surface area contributed by atoms with Crippen LogP contribution in [-0.2, 0) is 6.54 Å². The Morgan fingerprint density at radius 1 is 1.00 bits per heavy atom. The molecule has 0 atom stereocenters. The van der Waals surface area contributed by atoms with E-state index >= 15 is 0 Å². The summed E-state index contributed by atoms with van der Waals surface area (Å²) in [5.41, 5.74) is 9.18. The Kier molecular flexibility index (Phi) is 4.04. The van der Waals surface area contributed by atoms with Gasteiger partial charge in [0.15, 0.2) is 0 Å². The molecule has 0 bridgehead atoms. The van der Waals surface area contributed by atoms with E-state index in [0.29, 0.717) is 6.54 Å². The van der Waals surface area contributed by atoms with Gasteiger partial charge >= 0.3 is 0 Å². The van der Waals surface area contributed by atoms with Crippen LogP contribution in [-0.4, -0.2) is 0 Å². The molecule has 2 aromatic rings. The highest BCUT2D eigenvalue weighted by molar-refractivity contribution is 9.10. The standard InChI is InChI=1S/C15H16BrNO/c1-10-3-5-13(7-11(10)2)18-14-6-4-12(9-17)15(16)8-14/h3-8H,9,17H2,1-2H3. The summed E-state index contributed by atoms with van der Waals surface area (Å²) in [4.78, 5) is 0. The van der Waals surface area contributed by atoms with Gasteiger partial charge in [-0.05, 0) is 54.8 Å². The Morgan fingerprint density at radius 3 is 2.28 bits per heavy atom. The van der Waals surface area contributed by atoms with Crippen molar-refractivity contribution in [3.8, 4) is 11.5 Å². The van der Waals surface area contributed by atoms with Crippen molar-refractivity contribution >= 4 is 15.9 Å². The van der Waals surface area contributed by atoms with Gasteiger partial charge in [0.05, 0.1) is 0 Å². The van der Waals surface area contributed by atoms with Crippen LogP contribution in [0.5, 0.6) is 11.5 Å². The third-order valence-corrected chi connectivity index (χ3v) is 3.70. The second kappa shape index (κ2) is 5.55. The zero-order valence-corrected chi connectivity index (χ0v) is 12.1. The quantitative estimate of drug-likeness (QED) is 0.916. The molecule has 0 aromatic heterocycles. The molecule has 0 saturated carbocycles. The molecule has 2 aromatic carbocycles. The molecule has 0 heterocycles. The van der Waals surface area contributed by atoms with E-state index in [1.54, 1.807) is 0 Å². The van der Waals surface area contributed by atoms with Crippen molar-refractivity contribution in [3.05, 3.63) is 57.6 Å². The number of hydrogen-bond donors (Lipinski definition) is 1. The summed E-state index contributed by atoms with van der Waals surface area (Å²) in [5.74, 6) is 1.66. The average molecular weight is 306 g/mol. The molecule has 0 fully saturated rings. The number of hydrogen-bond acceptors (Lipinski definition) is 2. The van der Waals surface area contributed by atoms with Crippen LogP contribution in [0.25, 0.3) is 0 Å². The van der Waals surface area contributed by atoms with Gasteiger partial charge in [-0.2, -0.15) is 0 Å². The largest absolute Gasteiger partial charge is 0.457 e. The van der Waals surface area contributed by atoms with E-state index in [9.17, 15) is 0 Å². The molecular weight excluding hydrogens is 290 g/mol. The van der Waals surface area contributed by atoms with Gasteiger partial charge in [-0.15, -0.1) is 0 Å². The normalized spacial score (nSPS) is 10.4. The first-order chi connectivity index (χ1) is 8.60. The number of benzene rings is 2. The molecule has 0 aliphatic rings. The maximum absolute atomic E-state index is 5.82. The Morgan fingerprint density at radius 2 is 1.67 bits per heavy atom. The van der Waals surface area contributed by atoms with Crippen molar-refractivity contribution in [2.24, 2.45) is 5.73 Å². The SMILES string of the molecule is Cc1ccc(Oc2ccc(CN)c(Br)c2)cc1C. The zero-order chi connectivity index (χ0) is 13.1. The predicted octanol–water partition coefficient (Wildman–Crippen LogP) is 4.32. The molecule has 0 unspecified atom stereocenters. The molecule has 18 heavy (non-hydrogen) atoms. The monoisotopic (exact) mass is 305 g/mol. The topological polar surface area (TPSA) is 35.2 Å². The van der Waals surface area contributed by atoms with Gasteiger partial charge in [-0.1, -0.05) is 28.1 Å². The highest BCUT2D eigenvalue weighted by Gasteiger charge is 2.03. The highest BCUT2D eigenvalue weighted by atomic mass is 79.9. The highest BCUT2D eigenvalue weighted by Crippen LogP contribution is 2.28. The van der Waals surface area contributed by atoms with Crippen molar-refractivity contribution in [2.45, 2.75) is 20.4 Å². The van der Waals surface area contributed by atoms with Gasteiger partial charge in [0.25, 0.3) is 0 Å².